The van der Waals surface area contributed by atoms with Gasteiger partial charge in [-0.1, -0.05) is 72.3 Å². The number of hydrogen-bond acceptors (Lipinski definition) is 5. The van der Waals surface area contributed by atoms with Crippen molar-refractivity contribution in [2.75, 3.05) is 0 Å². The highest BCUT2D eigenvalue weighted by molar-refractivity contribution is 6.30. The van der Waals surface area contributed by atoms with Crippen molar-refractivity contribution in [2.45, 2.75) is 18.5 Å². The Morgan fingerprint density at radius 2 is 1.55 bits per heavy atom. The molecule has 0 radical (unpaired) electrons. The number of halogens is 1. The number of hydrogen-bond donors (Lipinski definition) is 1. The molecule has 3 aromatic carbocycles. The van der Waals surface area contributed by atoms with Gasteiger partial charge >= 0.3 is 6.03 Å². The van der Waals surface area contributed by atoms with Crippen LogP contribution in [-0.2, 0) is 23.3 Å². The van der Waals surface area contributed by atoms with Crippen molar-refractivity contribution in [1.82, 2.24) is 20.4 Å². The van der Waals surface area contributed by atoms with Crippen LogP contribution in [0.3, 0.4) is 0 Å². The number of imide groups is 1. The summed E-state index contributed by atoms with van der Waals surface area (Å²) >= 11 is 5.93. The molecule has 1 aliphatic heterocycles. The standard InChI is InChI=1S/C25H19ClN4O3/c26-20-13-11-18(12-14-20)22-29-28-21(33-22)16-30-23(31)25(27-24(30)32,19-9-5-2-6-10-19)15-17-7-3-1-4-8-17/h1-14H,15-16H2,(H,27,32). The van der Waals surface area contributed by atoms with Gasteiger partial charge in [0.2, 0.25) is 11.8 Å². The molecule has 1 N–H and O–H groups in total. The fraction of sp³-hybridized carbons (Fsp3) is 0.120. The highest BCUT2D eigenvalue weighted by atomic mass is 35.5. The third-order valence-electron chi connectivity index (χ3n) is 5.61. The van der Waals surface area contributed by atoms with Crippen LogP contribution in [0.1, 0.15) is 17.0 Å². The summed E-state index contributed by atoms with van der Waals surface area (Å²) < 4.78 is 5.72. The van der Waals surface area contributed by atoms with E-state index < -0.39 is 11.6 Å². The number of benzene rings is 3. The molecule has 3 amide bonds. The van der Waals surface area contributed by atoms with E-state index in [-0.39, 0.29) is 24.2 Å². The Morgan fingerprint density at radius 3 is 2.24 bits per heavy atom. The normalized spacial score (nSPS) is 17.9. The monoisotopic (exact) mass is 458 g/mol. The van der Waals surface area contributed by atoms with E-state index >= 15 is 0 Å². The summed E-state index contributed by atoms with van der Waals surface area (Å²) in [4.78, 5) is 27.8. The zero-order valence-electron chi connectivity index (χ0n) is 17.4. The van der Waals surface area contributed by atoms with Gasteiger partial charge in [0.05, 0.1) is 0 Å². The highest BCUT2D eigenvalue weighted by Gasteiger charge is 2.52. The first kappa shape index (κ1) is 20.9. The number of carbonyl (C=O) groups is 2. The lowest BCUT2D eigenvalue weighted by Gasteiger charge is -2.27. The van der Waals surface area contributed by atoms with Gasteiger partial charge in [-0.05, 0) is 35.4 Å². The Kier molecular flexibility index (Phi) is 5.40. The number of urea groups is 1. The average molecular weight is 459 g/mol. The molecule has 0 spiro atoms. The second kappa shape index (κ2) is 8.52. The second-order valence-electron chi connectivity index (χ2n) is 7.76. The van der Waals surface area contributed by atoms with Crippen molar-refractivity contribution in [3.05, 3.63) is 107 Å². The van der Waals surface area contributed by atoms with Crippen LogP contribution in [0, 0.1) is 0 Å². The van der Waals surface area contributed by atoms with Gasteiger partial charge in [0.15, 0.2) is 5.54 Å². The molecule has 2 heterocycles. The number of aromatic nitrogens is 2. The van der Waals surface area contributed by atoms with Gasteiger partial charge in [-0.15, -0.1) is 10.2 Å². The Labute approximate surface area is 195 Å². The highest BCUT2D eigenvalue weighted by Crippen LogP contribution is 2.34. The maximum atomic E-state index is 13.7. The quantitative estimate of drug-likeness (QED) is 0.427. The van der Waals surface area contributed by atoms with Crippen LogP contribution in [0.4, 0.5) is 4.79 Å². The van der Waals surface area contributed by atoms with E-state index in [1.807, 2.05) is 60.7 Å². The third kappa shape index (κ3) is 3.99. The SMILES string of the molecule is O=C1NC(Cc2ccccc2)(c2ccccc2)C(=O)N1Cc1nnc(-c2ccc(Cl)cc2)o1. The molecule has 1 aliphatic rings. The molecule has 1 aromatic heterocycles. The molecule has 4 aromatic rings. The lowest BCUT2D eigenvalue weighted by atomic mass is 9.83. The first-order valence-corrected chi connectivity index (χ1v) is 10.7. The van der Waals surface area contributed by atoms with Crippen LogP contribution in [0.25, 0.3) is 11.5 Å². The van der Waals surface area contributed by atoms with E-state index in [0.717, 1.165) is 10.5 Å². The molecule has 33 heavy (non-hydrogen) atoms. The van der Waals surface area contributed by atoms with E-state index in [2.05, 4.69) is 15.5 Å². The van der Waals surface area contributed by atoms with Crippen molar-refractivity contribution < 1.29 is 14.0 Å². The summed E-state index contributed by atoms with van der Waals surface area (Å²) in [7, 11) is 0. The summed E-state index contributed by atoms with van der Waals surface area (Å²) in [6, 6.07) is 25.3. The predicted molar refractivity (Wildman–Crippen MR) is 122 cm³/mol. The topological polar surface area (TPSA) is 88.3 Å². The van der Waals surface area contributed by atoms with Gasteiger partial charge < -0.3 is 9.73 Å². The molecular formula is C25H19ClN4O3. The second-order valence-corrected chi connectivity index (χ2v) is 8.20. The van der Waals surface area contributed by atoms with E-state index in [4.69, 9.17) is 16.0 Å². The van der Waals surface area contributed by atoms with Crippen LogP contribution < -0.4 is 5.32 Å². The fourth-order valence-corrected chi connectivity index (χ4v) is 4.10. The van der Waals surface area contributed by atoms with E-state index in [1.165, 1.54) is 0 Å². The lowest BCUT2D eigenvalue weighted by molar-refractivity contribution is -0.132. The van der Waals surface area contributed by atoms with E-state index in [9.17, 15) is 9.59 Å². The van der Waals surface area contributed by atoms with E-state index in [1.54, 1.807) is 24.3 Å². The molecule has 5 rings (SSSR count). The molecule has 7 nitrogen and oxygen atoms in total. The largest absolute Gasteiger partial charge is 0.419 e. The first-order chi connectivity index (χ1) is 16.0. The van der Waals surface area contributed by atoms with Crippen LogP contribution in [-0.4, -0.2) is 27.0 Å². The van der Waals surface area contributed by atoms with E-state index in [0.29, 0.717) is 22.6 Å². The minimum Gasteiger partial charge on any atom is -0.419 e. The lowest BCUT2D eigenvalue weighted by Crippen LogP contribution is -2.46. The zero-order valence-corrected chi connectivity index (χ0v) is 18.2. The molecule has 1 saturated heterocycles. The van der Waals surface area contributed by atoms with Gasteiger partial charge in [-0.3, -0.25) is 9.69 Å². The fourth-order valence-electron chi connectivity index (χ4n) is 3.97. The summed E-state index contributed by atoms with van der Waals surface area (Å²) in [6.07, 6.45) is 0.318. The molecule has 0 bridgehead atoms. The molecule has 1 fully saturated rings. The summed E-state index contributed by atoms with van der Waals surface area (Å²) in [6.45, 7) is -0.130. The zero-order chi connectivity index (χ0) is 22.8. The Bertz CT molecular complexity index is 1290. The van der Waals surface area contributed by atoms with Crippen LogP contribution in [0.5, 0.6) is 0 Å². The van der Waals surface area contributed by atoms with Crippen LogP contribution in [0.2, 0.25) is 5.02 Å². The smallest absolute Gasteiger partial charge is 0.325 e. The number of amides is 3. The van der Waals surface area contributed by atoms with Crippen LogP contribution in [0.15, 0.2) is 89.3 Å². The Morgan fingerprint density at radius 1 is 0.879 bits per heavy atom. The molecule has 0 aliphatic carbocycles. The maximum Gasteiger partial charge on any atom is 0.325 e. The minimum absolute atomic E-state index is 0.130. The van der Waals surface area contributed by atoms with Gasteiger partial charge in [0.25, 0.3) is 5.91 Å². The summed E-state index contributed by atoms with van der Waals surface area (Å²) in [5.74, 6) is 0.0770. The molecule has 1 unspecified atom stereocenters. The predicted octanol–water partition coefficient (Wildman–Crippen LogP) is 4.58. The maximum absolute atomic E-state index is 13.7. The van der Waals surface area contributed by atoms with Crippen molar-refractivity contribution in [2.24, 2.45) is 0 Å². The Hall–Kier alpha value is -3.97. The van der Waals surface area contributed by atoms with Crippen LogP contribution >= 0.6 is 11.6 Å². The molecule has 8 heteroatoms. The van der Waals surface area contributed by atoms with Gasteiger partial charge in [-0.2, -0.15) is 0 Å². The van der Waals surface area contributed by atoms with Crippen molar-refractivity contribution in [1.29, 1.82) is 0 Å². The molecule has 1 atom stereocenters. The van der Waals surface area contributed by atoms with Gasteiger partial charge in [0.1, 0.15) is 6.54 Å². The molecule has 164 valence electrons. The summed E-state index contributed by atoms with van der Waals surface area (Å²) in [5.41, 5.74) is 1.11. The van der Waals surface area contributed by atoms with Crippen molar-refractivity contribution in [3.8, 4) is 11.5 Å². The number of carbonyl (C=O) groups excluding carboxylic acids is 2. The van der Waals surface area contributed by atoms with Crippen molar-refractivity contribution >= 4 is 23.5 Å². The molecule has 0 saturated carbocycles. The average Bonchev–Trinajstić information content (AvgIpc) is 3.40. The number of rotatable bonds is 6. The van der Waals surface area contributed by atoms with Crippen molar-refractivity contribution in [3.63, 3.8) is 0 Å². The number of nitrogens with one attached hydrogen (secondary N) is 1. The number of nitrogens with zero attached hydrogens (tertiary/aromatic N) is 3. The third-order valence-corrected chi connectivity index (χ3v) is 5.86. The van der Waals surface area contributed by atoms with Gasteiger partial charge in [0, 0.05) is 17.0 Å². The summed E-state index contributed by atoms with van der Waals surface area (Å²) in [5, 5.41) is 11.6. The van der Waals surface area contributed by atoms with Gasteiger partial charge in [-0.25, -0.2) is 4.79 Å². The minimum atomic E-state index is -1.22. The Balaban J connectivity index is 1.44. The molecular weight excluding hydrogens is 440 g/mol. The first-order valence-electron chi connectivity index (χ1n) is 10.4.